The minimum atomic E-state index is 0. The van der Waals surface area contributed by atoms with Crippen LogP contribution in [0.3, 0.4) is 0 Å². The van der Waals surface area contributed by atoms with E-state index in [9.17, 15) is 0 Å². The Morgan fingerprint density at radius 1 is 0.722 bits per heavy atom. The number of hydrogen-bond donors (Lipinski definition) is 0. The van der Waals surface area contributed by atoms with E-state index in [0.29, 0.717) is 5.92 Å². The Hall–Kier alpha value is -3.59. The molecular formula is C32H26IrN2O-2. The zero-order valence-corrected chi connectivity index (χ0v) is 22.8. The van der Waals surface area contributed by atoms with Gasteiger partial charge in [-0.3, -0.25) is 0 Å². The van der Waals surface area contributed by atoms with Crippen molar-refractivity contribution in [2.45, 2.75) is 26.7 Å². The van der Waals surface area contributed by atoms with Gasteiger partial charge in [-0.2, -0.15) is 0 Å². The molecule has 0 N–H and O–H groups in total. The van der Waals surface area contributed by atoms with E-state index < -0.39 is 0 Å². The molecule has 0 fully saturated rings. The Morgan fingerprint density at radius 3 is 2.08 bits per heavy atom. The molecule has 6 aromatic rings. The minimum Gasteiger partial charge on any atom is -0.500 e. The van der Waals surface area contributed by atoms with Gasteiger partial charge in [0.05, 0.1) is 5.58 Å². The van der Waals surface area contributed by atoms with Crippen molar-refractivity contribution in [1.82, 2.24) is 9.97 Å². The molecule has 0 aliphatic carbocycles. The van der Waals surface area contributed by atoms with Crippen LogP contribution in [-0.2, 0) is 20.1 Å². The van der Waals surface area contributed by atoms with E-state index in [1.54, 1.807) is 12.4 Å². The first kappa shape index (κ1) is 25.5. The van der Waals surface area contributed by atoms with Crippen LogP contribution in [0.2, 0.25) is 0 Å². The second-order valence-electron chi connectivity index (χ2n) is 8.79. The van der Waals surface area contributed by atoms with Crippen LogP contribution in [0.25, 0.3) is 44.5 Å². The third kappa shape index (κ3) is 5.31. The summed E-state index contributed by atoms with van der Waals surface area (Å²) in [5.41, 5.74) is 8.13. The summed E-state index contributed by atoms with van der Waals surface area (Å²) in [5, 5.41) is 2.28. The molecule has 0 amide bonds. The van der Waals surface area contributed by atoms with Gasteiger partial charge in [0.2, 0.25) is 0 Å². The van der Waals surface area contributed by atoms with Crippen molar-refractivity contribution in [2.24, 2.45) is 0 Å². The predicted octanol–water partition coefficient (Wildman–Crippen LogP) is 8.43. The zero-order chi connectivity index (χ0) is 24.2. The fourth-order valence-electron chi connectivity index (χ4n) is 4.12. The van der Waals surface area contributed by atoms with E-state index >= 15 is 0 Å². The van der Waals surface area contributed by atoms with Crippen LogP contribution < -0.4 is 0 Å². The molecule has 6 rings (SSSR count). The average molecular weight is 647 g/mol. The van der Waals surface area contributed by atoms with Crippen molar-refractivity contribution in [3.63, 3.8) is 0 Å². The molecule has 3 aromatic carbocycles. The molecule has 181 valence electrons. The molecular weight excluding hydrogens is 621 g/mol. The molecule has 1 radical (unpaired) electrons. The monoisotopic (exact) mass is 647 g/mol. The number of para-hydroxylation sites is 1. The molecule has 3 nitrogen and oxygen atoms in total. The van der Waals surface area contributed by atoms with Crippen LogP contribution in [0.1, 0.15) is 30.9 Å². The van der Waals surface area contributed by atoms with Crippen LogP contribution in [0, 0.1) is 19.1 Å². The third-order valence-electron chi connectivity index (χ3n) is 5.94. The topological polar surface area (TPSA) is 38.9 Å². The van der Waals surface area contributed by atoms with E-state index in [4.69, 9.17) is 4.42 Å². The average Bonchev–Trinajstić information content (AvgIpc) is 3.29. The molecule has 3 aromatic heterocycles. The van der Waals surface area contributed by atoms with Crippen molar-refractivity contribution in [2.75, 3.05) is 0 Å². The Balaban J connectivity index is 0.000000187. The van der Waals surface area contributed by atoms with Gasteiger partial charge in [-0.15, -0.1) is 53.6 Å². The van der Waals surface area contributed by atoms with E-state index in [1.807, 2.05) is 54.6 Å². The fourth-order valence-corrected chi connectivity index (χ4v) is 4.12. The summed E-state index contributed by atoms with van der Waals surface area (Å²) in [6.07, 6.45) is 3.59. The van der Waals surface area contributed by atoms with Crippen LogP contribution in [0.15, 0.2) is 102 Å². The Kier molecular flexibility index (Phi) is 8.10. The quantitative estimate of drug-likeness (QED) is 0.181. The normalized spacial score (nSPS) is 10.7. The Labute approximate surface area is 225 Å². The molecule has 0 aliphatic rings. The number of fused-ring (bicyclic) bond motifs is 3. The van der Waals surface area contributed by atoms with Gasteiger partial charge in [-0.25, -0.2) is 0 Å². The molecule has 0 unspecified atom stereocenters. The van der Waals surface area contributed by atoms with E-state index in [0.717, 1.165) is 44.5 Å². The molecule has 0 bridgehead atoms. The van der Waals surface area contributed by atoms with Crippen molar-refractivity contribution < 1.29 is 24.5 Å². The summed E-state index contributed by atoms with van der Waals surface area (Å²) in [6.45, 7) is 6.43. The van der Waals surface area contributed by atoms with Gasteiger partial charge in [-0.1, -0.05) is 74.2 Å². The summed E-state index contributed by atoms with van der Waals surface area (Å²) in [5.74, 6) is 0.423. The largest absolute Gasteiger partial charge is 0.500 e. The molecule has 4 heteroatoms. The van der Waals surface area contributed by atoms with Crippen LogP contribution in [0.5, 0.6) is 0 Å². The van der Waals surface area contributed by atoms with E-state index in [-0.39, 0.29) is 20.1 Å². The SMILES string of the molecule is CC(C)c1cccc2c1oc1c(-c3ccccn3)[c-]ccc12.Cc1c[c-]c(-c2ccccn2)cc1.[Ir]. The number of pyridine rings is 2. The van der Waals surface area contributed by atoms with Crippen molar-refractivity contribution in [3.05, 3.63) is 121 Å². The van der Waals surface area contributed by atoms with Gasteiger partial charge < -0.3 is 14.4 Å². The zero-order valence-electron chi connectivity index (χ0n) is 20.5. The summed E-state index contributed by atoms with van der Waals surface area (Å²) >= 11 is 0. The maximum Gasteiger partial charge on any atom is 0.124 e. The molecule has 36 heavy (non-hydrogen) atoms. The van der Waals surface area contributed by atoms with Gasteiger partial charge in [0.25, 0.3) is 0 Å². The summed E-state index contributed by atoms with van der Waals surface area (Å²) < 4.78 is 6.26. The minimum absolute atomic E-state index is 0. The molecule has 0 atom stereocenters. The number of furan rings is 1. The van der Waals surface area contributed by atoms with E-state index in [2.05, 4.69) is 73.2 Å². The maximum atomic E-state index is 6.26. The molecule has 0 saturated heterocycles. The van der Waals surface area contributed by atoms with Gasteiger partial charge in [0, 0.05) is 37.9 Å². The molecule has 0 aliphatic heterocycles. The van der Waals surface area contributed by atoms with Gasteiger partial charge in [0.15, 0.2) is 0 Å². The van der Waals surface area contributed by atoms with Gasteiger partial charge in [-0.05, 0) is 35.0 Å². The molecule has 0 saturated carbocycles. The molecule has 3 heterocycles. The number of aryl methyl sites for hydroxylation is 1. The number of benzene rings is 3. The second kappa shape index (κ2) is 11.4. The van der Waals surface area contributed by atoms with Crippen LogP contribution in [-0.4, -0.2) is 9.97 Å². The van der Waals surface area contributed by atoms with Crippen molar-refractivity contribution >= 4 is 21.9 Å². The first-order valence-corrected chi connectivity index (χ1v) is 11.8. The van der Waals surface area contributed by atoms with Crippen LogP contribution >= 0.6 is 0 Å². The molecule has 0 spiro atoms. The number of hydrogen-bond acceptors (Lipinski definition) is 3. The van der Waals surface area contributed by atoms with Gasteiger partial charge in [0.1, 0.15) is 5.58 Å². The van der Waals surface area contributed by atoms with Crippen molar-refractivity contribution in [1.29, 1.82) is 0 Å². The smallest absolute Gasteiger partial charge is 0.124 e. The maximum absolute atomic E-state index is 6.26. The van der Waals surface area contributed by atoms with Gasteiger partial charge >= 0.3 is 0 Å². The fraction of sp³-hybridized carbons (Fsp3) is 0.125. The first-order chi connectivity index (χ1) is 17.1. The second-order valence-corrected chi connectivity index (χ2v) is 8.79. The summed E-state index contributed by atoms with van der Waals surface area (Å²) in [6, 6.07) is 34.7. The third-order valence-corrected chi connectivity index (χ3v) is 5.94. The number of nitrogens with zero attached hydrogens (tertiary/aromatic N) is 2. The standard InChI is InChI=1S/C20H16NO.C12H10N.Ir/c1-13(2)14-7-5-8-15-16-9-6-10-17(20(16)22-19(14)15)18-11-3-4-12-21-18;1-10-5-7-11(8-6-10)12-4-2-3-9-13-12;/h3-9,11-13H,1-2H3;2-7,9H,1H3;/q2*-1;. The predicted molar refractivity (Wildman–Crippen MR) is 143 cm³/mol. The van der Waals surface area contributed by atoms with E-state index in [1.165, 1.54) is 11.1 Å². The summed E-state index contributed by atoms with van der Waals surface area (Å²) in [4.78, 5) is 8.68. The Bertz CT molecular complexity index is 1560. The Morgan fingerprint density at radius 2 is 1.44 bits per heavy atom. The summed E-state index contributed by atoms with van der Waals surface area (Å²) in [7, 11) is 0. The first-order valence-electron chi connectivity index (χ1n) is 11.8. The number of rotatable bonds is 3. The van der Waals surface area contributed by atoms with Crippen molar-refractivity contribution in [3.8, 4) is 22.5 Å². The number of aromatic nitrogens is 2. The van der Waals surface area contributed by atoms with Crippen LogP contribution in [0.4, 0.5) is 0 Å².